The maximum atomic E-state index is 12.1. The molecule has 1 heterocycles. The lowest BCUT2D eigenvalue weighted by Gasteiger charge is -2.06. The summed E-state index contributed by atoms with van der Waals surface area (Å²) in [7, 11) is 0. The molecule has 0 bridgehead atoms. The number of hydrogen-bond acceptors (Lipinski definition) is 8. The predicted molar refractivity (Wildman–Crippen MR) is 110 cm³/mol. The van der Waals surface area contributed by atoms with E-state index >= 15 is 0 Å². The number of carbonyl (C=O) groups is 1. The monoisotopic (exact) mass is 465 g/mol. The summed E-state index contributed by atoms with van der Waals surface area (Å²) in [5.41, 5.74) is 1.32. The quantitative estimate of drug-likeness (QED) is 0.296. The van der Waals surface area contributed by atoms with E-state index in [0.717, 1.165) is 5.69 Å². The minimum Gasteiger partial charge on any atom is -0.330 e. The molecule has 1 amide bonds. The maximum Gasteiger partial charge on any atom is 0.270 e. The first-order valence-electron chi connectivity index (χ1n) is 7.53. The van der Waals surface area contributed by atoms with Gasteiger partial charge in [0, 0.05) is 22.3 Å². The molecule has 27 heavy (non-hydrogen) atoms. The van der Waals surface area contributed by atoms with Gasteiger partial charge >= 0.3 is 0 Å². The largest absolute Gasteiger partial charge is 0.330 e. The van der Waals surface area contributed by atoms with Crippen LogP contribution in [0.3, 0.4) is 0 Å². The molecule has 11 heteroatoms. The van der Waals surface area contributed by atoms with Gasteiger partial charge in [0.15, 0.2) is 4.34 Å². The zero-order valence-corrected chi connectivity index (χ0v) is 16.8. The standard InChI is InChI=1S/C16H12BrN5O3S2/c17-12-8-11(22(24)25)6-7-13(12)19-14(23)9-26-16-21-20-15(27-16)18-10-4-2-1-3-5-10/h1-8H,9H2,(H,18,20)(H,19,23). The Bertz CT molecular complexity index is 968. The average molecular weight is 466 g/mol. The smallest absolute Gasteiger partial charge is 0.270 e. The Kier molecular flexibility index (Phi) is 6.37. The molecule has 0 aliphatic rings. The van der Waals surface area contributed by atoms with E-state index in [1.807, 2.05) is 30.3 Å². The fourth-order valence-corrected chi connectivity index (χ4v) is 4.03. The van der Waals surface area contributed by atoms with Crippen LogP contribution in [0.15, 0.2) is 57.3 Å². The molecule has 0 saturated heterocycles. The third-order valence-corrected chi connectivity index (χ3v) is 5.82. The van der Waals surface area contributed by atoms with Crippen molar-refractivity contribution in [3.63, 3.8) is 0 Å². The number of amides is 1. The van der Waals surface area contributed by atoms with Crippen molar-refractivity contribution in [2.24, 2.45) is 0 Å². The van der Waals surface area contributed by atoms with Crippen LogP contribution in [-0.2, 0) is 4.79 Å². The van der Waals surface area contributed by atoms with Crippen LogP contribution < -0.4 is 10.6 Å². The third-order valence-electron chi connectivity index (χ3n) is 3.20. The van der Waals surface area contributed by atoms with E-state index < -0.39 is 4.92 Å². The summed E-state index contributed by atoms with van der Waals surface area (Å²) in [6.45, 7) is 0. The first-order valence-corrected chi connectivity index (χ1v) is 10.1. The van der Waals surface area contributed by atoms with Crippen LogP contribution in [0.5, 0.6) is 0 Å². The van der Waals surface area contributed by atoms with Gasteiger partial charge in [-0.25, -0.2) is 0 Å². The molecule has 138 valence electrons. The van der Waals surface area contributed by atoms with E-state index in [1.165, 1.54) is 41.3 Å². The first kappa shape index (κ1) is 19.3. The number of thioether (sulfide) groups is 1. The van der Waals surface area contributed by atoms with Gasteiger partial charge < -0.3 is 10.6 Å². The van der Waals surface area contributed by atoms with Gasteiger partial charge in [-0.15, -0.1) is 10.2 Å². The number of nitrogens with one attached hydrogen (secondary N) is 2. The van der Waals surface area contributed by atoms with Crippen molar-refractivity contribution in [2.75, 3.05) is 16.4 Å². The van der Waals surface area contributed by atoms with Gasteiger partial charge in [0.05, 0.1) is 16.4 Å². The topological polar surface area (TPSA) is 110 Å². The van der Waals surface area contributed by atoms with Crippen molar-refractivity contribution in [3.05, 3.63) is 63.1 Å². The Balaban J connectivity index is 1.53. The van der Waals surface area contributed by atoms with E-state index in [1.54, 1.807) is 0 Å². The number of benzene rings is 2. The first-order chi connectivity index (χ1) is 13.0. The van der Waals surface area contributed by atoms with E-state index in [2.05, 4.69) is 36.8 Å². The number of rotatable bonds is 7. The molecule has 0 radical (unpaired) electrons. The van der Waals surface area contributed by atoms with Crippen LogP contribution in [0.2, 0.25) is 0 Å². The second kappa shape index (κ2) is 8.93. The molecular formula is C16H12BrN5O3S2. The zero-order chi connectivity index (χ0) is 19.2. The number of anilines is 3. The number of nitro benzene ring substituents is 1. The number of non-ortho nitro benzene ring substituents is 1. The number of halogens is 1. The summed E-state index contributed by atoms with van der Waals surface area (Å²) < 4.78 is 1.10. The lowest BCUT2D eigenvalue weighted by atomic mass is 10.3. The van der Waals surface area contributed by atoms with Crippen LogP contribution in [0.4, 0.5) is 22.2 Å². The molecule has 0 atom stereocenters. The highest BCUT2D eigenvalue weighted by Crippen LogP contribution is 2.29. The summed E-state index contributed by atoms with van der Waals surface area (Å²) in [4.78, 5) is 22.4. The number of aromatic nitrogens is 2. The van der Waals surface area contributed by atoms with E-state index in [4.69, 9.17) is 0 Å². The van der Waals surface area contributed by atoms with Crippen molar-refractivity contribution < 1.29 is 9.72 Å². The van der Waals surface area contributed by atoms with Gasteiger partial charge in [0.1, 0.15) is 0 Å². The molecule has 0 spiro atoms. The van der Waals surface area contributed by atoms with Crippen molar-refractivity contribution in [1.82, 2.24) is 10.2 Å². The predicted octanol–water partition coefficient (Wildman–Crippen LogP) is 4.68. The molecule has 0 saturated carbocycles. The maximum absolute atomic E-state index is 12.1. The molecule has 3 rings (SSSR count). The highest BCUT2D eigenvalue weighted by atomic mass is 79.9. The molecule has 2 aromatic carbocycles. The summed E-state index contributed by atoms with van der Waals surface area (Å²) in [5, 5.41) is 25.3. The Morgan fingerprint density at radius 1 is 1.22 bits per heavy atom. The number of nitro groups is 1. The lowest BCUT2D eigenvalue weighted by molar-refractivity contribution is -0.384. The molecule has 0 fully saturated rings. The minimum atomic E-state index is -0.497. The van der Waals surface area contributed by atoms with Crippen LogP contribution in [0, 0.1) is 10.1 Å². The summed E-state index contributed by atoms with van der Waals surface area (Å²) in [6, 6.07) is 13.8. The third kappa shape index (κ3) is 5.49. The van der Waals surface area contributed by atoms with E-state index in [-0.39, 0.29) is 17.3 Å². The van der Waals surface area contributed by atoms with E-state index in [9.17, 15) is 14.9 Å². The second-order valence-electron chi connectivity index (χ2n) is 5.12. The van der Waals surface area contributed by atoms with Crippen LogP contribution in [0.1, 0.15) is 0 Å². The van der Waals surface area contributed by atoms with Gasteiger partial charge in [0.2, 0.25) is 11.0 Å². The average Bonchev–Trinajstić information content (AvgIpc) is 3.10. The van der Waals surface area contributed by atoms with Crippen molar-refractivity contribution in [2.45, 2.75) is 4.34 Å². The Morgan fingerprint density at radius 3 is 2.70 bits per heavy atom. The van der Waals surface area contributed by atoms with Crippen LogP contribution >= 0.6 is 39.0 Å². The van der Waals surface area contributed by atoms with Crippen LogP contribution in [0.25, 0.3) is 0 Å². The second-order valence-corrected chi connectivity index (χ2v) is 8.18. The summed E-state index contributed by atoms with van der Waals surface area (Å²) in [6.07, 6.45) is 0. The van der Waals surface area contributed by atoms with Gasteiger partial charge in [-0.2, -0.15) is 0 Å². The fraction of sp³-hybridized carbons (Fsp3) is 0.0625. The molecule has 0 unspecified atom stereocenters. The molecule has 1 aromatic heterocycles. The molecule has 0 aliphatic carbocycles. The Labute approximate surface area is 170 Å². The summed E-state index contributed by atoms with van der Waals surface area (Å²) in [5.74, 6) is -0.106. The fourth-order valence-electron chi connectivity index (χ4n) is 2.00. The van der Waals surface area contributed by atoms with Crippen LogP contribution in [-0.4, -0.2) is 26.8 Å². The Hall–Kier alpha value is -2.50. The van der Waals surface area contributed by atoms with Crippen molar-refractivity contribution >= 4 is 67.1 Å². The summed E-state index contributed by atoms with van der Waals surface area (Å²) >= 11 is 5.83. The number of hydrogen-bond donors (Lipinski definition) is 2. The highest BCUT2D eigenvalue weighted by molar-refractivity contribution is 9.10. The molecule has 2 N–H and O–H groups in total. The molecule has 8 nitrogen and oxygen atoms in total. The number of para-hydroxylation sites is 1. The van der Waals surface area contributed by atoms with Gasteiger partial charge in [-0.1, -0.05) is 41.3 Å². The number of nitrogens with zero attached hydrogens (tertiary/aromatic N) is 3. The highest BCUT2D eigenvalue weighted by Gasteiger charge is 2.13. The molecule has 0 aliphatic heterocycles. The van der Waals surface area contributed by atoms with Gasteiger partial charge in [-0.3, -0.25) is 14.9 Å². The number of carbonyl (C=O) groups excluding carboxylic acids is 1. The minimum absolute atomic E-state index is 0.0541. The molecule has 3 aromatic rings. The normalized spacial score (nSPS) is 10.4. The molecular weight excluding hydrogens is 454 g/mol. The SMILES string of the molecule is O=C(CSc1nnc(Nc2ccccc2)s1)Nc1ccc([N+](=O)[O-])cc1Br. The van der Waals surface area contributed by atoms with Crippen molar-refractivity contribution in [1.29, 1.82) is 0 Å². The Morgan fingerprint density at radius 2 is 2.00 bits per heavy atom. The van der Waals surface area contributed by atoms with E-state index in [0.29, 0.717) is 19.6 Å². The van der Waals surface area contributed by atoms with Gasteiger partial charge in [-0.05, 0) is 34.1 Å². The van der Waals surface area contributed by atoms with Gasteiger partial charge in [0.25, 0.3) is 5.69 Å². The lowest BCUT2D eigenvalue weighted by Crippen LogP contribution is -2.14. The zero-order valence-electron chi connectivity index (χ0n) is 13.6. The van der Waals surface area contributed by atoms with Crippen molar-refractivity contribution in [3.8, 4) is 0 Å².